The first-order chi connectivity index (χ1) is 16.5. The van der Waals surface area contributed by atoms with E-state index in [0.717, 1.165) is 17.1 Å². The molecular formula is C29H30N2O4. The molecule has 1 atom stereocenters. The topological polar surface area (TPSA) is 80.5 Å². The van der Waals surface area contributed by atoms with Gasteiger partial charge in [-0.15, -0.1) is 0 Å². The van der Waals surface area contributed by atoms with Crippen LogP contribution >= 0.6 is 0 Å². The number of allylic oxidation sites excluding steroid dienone is 4. The van der Waals surface area contributed by atoms with Crippen molar-refractivity contribution in [2.24, 2.45) is 10.8 Å². The maximum absolute atomic E-state index is 13.8. The SMILES string of the molecule is CC1(C)CC(=O)C2=C(C1)N(c1ccccc1)C1=C(C(=O)CCC1(C)C)C2c1cccc([N+](=O)[O-])c1. The van der Waals surface area contributed by atoms with Gasteiger partial charge in [0.15, 0.2) is 11.6 Å². The monoisotopic (exact) mass is 470 g/mol. The smallest absolute Gasteiger partial charge is 0.269 e. The number of anilines is 1. The number of benzene rings is 2. The fourth-order valence-corrected chi connectivity index (χ4v) is 6.02. The van der Waals surface area contributed by atoms with Crippen LogP contribution < -0.4 is 4.90 Å². The summed E-state index contributed by atoms with van der Waals surface area (Å²) in [6, 6.07) is 16.4. The van der Waals surface area contributed by atoms with Crippen LogP contribution in [0.5, 0.6) is 0 Å². The summed E-state index contributed by atoms with van der Waals surface area (Å²) >= 11 is 0. The van der Waals surface area contributed by atoms with E-state index in [1.807, 2.05) is 36.4 Å². The van der Waals surface area contributed by atoms with Gasteiger partial charge in [0.1, 0.15) is 0 Å². The highest BCUT2D eigenvalue weighted by molar-refractivity contribution is 6.08. The van der Waals surface area contributed by atoms with Gasteiger partial charge in [-0.25, -0.2) is 0 Å². The van der Waals surface area contributed by atoms with E-state index in [2.05, 4.69) is 32.6 Å². The number of ketones is 2. The van der Waals surface area contributed by atoms with Gasteiger partial charge in [-0.1, -0.05) is 58.0 Å². The summed E-state index contributed by atoms with van der Waals surface area (Å²) in [6.07, 6.45) is 2.15. The zero-order valence-corrected chi connectivity index (χ0v) is 20.6. The van der Waals surface area contributed by atoms with E-state index in [-0.39, 0.29) is 28.1 Å². The standard InChI is InChI=1S/C29H30N2O4/c1-28(2)16-21-25(23(33)17-28)24(18-9-8-12-20(15-18)31(34)35)26-22(32)13-14-29(3,4)27(26)30(21)19-10-6-5-7-11-19/h5-12,15,24H,13-14,16-17H2,1-4H3. The van der Waals surface area contributed by atoms with Crippen LogP contribution in [0.1, 0.15) is 64.9 Å². The minimum absolute atomic E-state index is 0.0106. The molecule has 35 heavy (non-hydrogen) atoms. The Bertz CT molecular complexity index is 1320. The molecule has 1 heterocycles. The average molecular weight is 471 g/mol. The molecule has 0 aromatic heterocycles. The Morgan fingerprint density at radius 2 is 1.63 bits per heavy atom. The Hall–Kier alpha value is -3.54. The maximum atomic E-state index is 13.8. The molecule has 180 valence electrons. The molecule has 0 N–H and O–H groups in total. The van der Waals surface area contributed by atoms with Crippen molar-refractivity contribution in [2.75, 3.05) is 4.90 Å². The predicted molar refractivity (Wildman–Crippen MR) is 135 cm³/mol. The third-order valence-corrected chi connectivity index (χ3v) is 7.57. The third kappa shape index (κ3) is 3.81. The predicted octanol–water partition coefficient (Wildman–Crippen LogP) is 6.49. The summed E-state index contributed by atoms with van der Waals surface area (Å²) in [4.78, 5) is 40.8. The van der Waals surface area contributed by atoms with Crippen molar-refractivity contribution in [1.29, 1.82) is 0 Å². The first-order valence-electron chi connectivity index (χ1n) is 12.1. The molecule has 2 aromatic rings. The molecule has 6 nitrogen and oxygen atoms in total. The number of Topliss-reactive ketones (excluding diaryl/α,β-unsaturated/α-hetero) is 2. The van der Waals surface area contributed by atoms with E-state index in [9.17, 15) is 19.7 Å². The van der Waals surface area contributed by atoms with Crippen molar-refractivity contribution in [3.05, 3.63) is 92.8 Å². The highest BCUT2D eigenvalue weighted by Crippen LogP contribution is 2.57. The van der Waals surface area contributed by atoms with Crippen LogP contribution in [0, 0.1) is 20.9 Å². The van der Waals surface area contributed by atoms with Crippen molar-refractivity contribution in [3.63, 3.8) is 0 Å². The highest BCUT2D eigenvalue weighted by atomic mass is 16.6. The number of carbonyl (C=O) groups excluding carboxylic acids is 2. The van der Waals surface area contributed by atoms with Gasteiger partial charge in [0.25, 0.3) is 5.69 Å². The fraction of sp³-hybridized carbons (Fsp3) is 0.379. The van der Waals surface area contributed by atoms with E-state index in [1.54, 1.807) is 6.07 Å². The summed E-state index contributed by atoms with van der Waals surface area (Å²) in [6.45, 7) is 8.50. The van der Waals surface area contributed by atoms with Gasteiger partial charge >= 0.3 is 0 Å². The number of carbonyl (C=O) groups is 2. The van der Waals surface area contributed by atoms with Crippen molar-refractivity contribution in [2.45, 2.75) is 59.3 Å². The molecular weight excluding hydrogens is 440 g/mol. The zero-order chi connectivity index (χ0) is 25.1. The molecule has 0 amide bonds. The number of nitro groups is 1. The molecule has 6 heteroatoms. The molecule has 0 saturated heterocycles. The van der Waals surface area contributed by atoms with Crippen LogP contribution in [0.25, 0.3) is 0 Å². The highest BCUT2D eigenvalue weighted by Gasteiger charge is 2.50. The Labute approximate surface area is 205 Å². The molecule has 0 radical (unpaired) electrons. The Kier molecular flexibility index (Phi) is 5.31. The third-order valence-electron chi connectivity index (χ3n) is 7.57. The lowest BCUT2D eigenvalue weighted by Gasteiger charge is -2.51. The molecule has 1 unspecified atom stereocenters. The number of para-hydroxylation sites is 1. The van der Waals surface area contributed by atoms with Gasteiger partial charge in [-0.2, -0.15) is 0 Å². The first-order valence-corrected chi connectivity index (χ1v) is 12.1. The Morgan fingerprint density at radius 1 is 0.914 bits per heavy atom. The van der Waals surface area contributed by atoms with E-state index in [1.165, 1.54) is 12.1 Å². The van der Waals surface area contributed by atoms with E-state index in [4.69, 9.17) is 0 Å². The normalized spacial score (nSPS) is 23.2. The van der Waals surface area contributed by atoms with Crippen LogP contribution in [-0.4, -0.2) is 16.5 Å². The van der Waals surface area contributed by atoms with Crippen molar-refractivity contribution in [1.82, 2.24) is 0 Å². The summed E-state index contributed by atoms with van der Waals surface area (Å²) in [5.74, 6) is -0.576. The number of non-ortho nitro benzene ring substituents is 1. The van der Waals surface area contributed by atoms with Gasteiger partial charge < -0.3 is 4.90 Å². The summed E-state index contributed by atoms with van der Waals surface area (Å²) in [5.41, 5.74) is 4.01. The van der Waals surface area contributed by atoms with Gasteiger partial charge in [0, 0.05) is 64.5 Å². The molecule has 0 fully saturated rings. The van der Waals surface area contributed by atoms with Gasteiger partial charge in [-0.05, 0) is 36.0 Å². The van der Waals surface area contributed by atoms with Gasteiger partial charge in [-0.3, -0.25) is 19.7 Å². The summed E-state index contributed by atoms with van der Waals surface area (Å²) in [7, 11) is 0. The van der Waals surface area contributed by atoms with Crippen molar-refractivity contribution in [3.8, 4) is 0 Å². The quantitative estimate of drug-likeness (QED) is 0.379. The van der Waals surface area contributed by atoms with Gasteiger partial charge in [0.2, 0.25) is 0 Å². The van der Waals surface area contributed by atoms with Crippen molar-refractivity contribution >= 4 is 22.9 Å². The molecule has 5 rings (SSSR count). The lowest BCUT2D eigenvalue weighted by molar-refractivity contribution is -0.384. The van der Waals surface area contributed by atoms with Crippen LogP contribution in [-0.2, 0) is 9.59 Å². The lowest BCUT2D eigenvalue weighted by atomic mass is 9.62. The number of hydrogen-bond donors (Lipinski definition) is 0. The summed E-state index contributed by atoms with van der Waals surface area (Å²) < 4.78 is 0. The molecule has 1 aliphatic heterocycles. The van der Waals surface area contributed by atoms with Crippen molar-refractivity contribution < 1.29 is 14.5 Å². The van der Waals surface area contributed by atoms with Gasteiger partial charge in [0.05, 0.1) is 4.92 Å². The number of rotatable bonds is 3. The Morgan fingerprint density at radius 3 is 2.31 bits per heavy atom. The van der Waals surface area contributed by atoms with E-state index >= 15 is 0 Å². The average Bonchev–Trinajstić information content (AvgIpc) is 2.80. The number of hydrogen-bond acceptors (Lipinski definition) is 5. The minimum Gasteiger partial charge on any atom is -0.317 e. The molecule has 0 bridgehead atoms. The second-order valence-corrected chi connectivity index (χ2v) is 11.3. The summed E-state index contributed by atoms with van der Waals surface area (Å²) in [5, 5.41) is 11.6. The van der Waals surface area contributed by atoms with E-state index in [0.29, 0.717) is 42.4 Å². The van der Waals surface area contributed by atoms with E-state index < -0.39 is 10.8 Å². The number of nitro benzene ring substituents is 1. The van der Waals surface area contributed by atoms with Crippen LogP contribution in [0.2, 0.25) is 0 Å². The van der Waals surface area contributed by atoms with Crippen LogP contribution in [0.3, 0.4) is 0 Å². The molecule has 0 spiro atoms. The zero-order valence-electron chi connectivity index (χ0n) is 20.6. The molecule has 2 aromatic carbocycles. The van der Waals surface area contributed by atoms with Crippen LogP contribution in [0.15, 0.2) is 77.1 Å². The maximum Gasteiger partial charge on any atom is 0.269 e. The first kappa shape index (κ1) is 23.2. The molecule has 0 saturated carbocycles. The fourth-order valence-electron chi connectivity index (χ4n) is 6.02. The molecule has 3 aliphatic rings. The molecule has 2 aliphatic carbocycles. The minimum atomic E-state index is -0.601. The number of nitrogens with zero attached hydrogens (tertiary/aromatic N) is 2. The van der Waals surface area contributed by atoms with Crippen LogP contribution in [0.4, 0.5) is 11.4 Å². The largest absolute Gasteiger partial charge is 0.317 e. The Balaban J connectivity index is 1.87. The second-order valence-electron chi connectivity index (χ2n) is 11.3. The second kappa shape index (κ2) is 8.01. The lowest BCUT2D eigenvalue weighted by Crippen LogP contribution is -2.46.